The summed E-state index contributed by atoms with van der Waals surface area (Å²) >= 11 is 0. The molecule has 0 atom stereocenters. The Hall–Kier alpha value is -0.550. The second-order valence-electron chi connectivity index (χ2n) is 5.23. The van der Waals surface area contributed by atoms with Crippen molar-refractivity contribution in [3.8, 4) is 0 Å². The normalized spacial score (nSPS) is 11.9. The van der Waals surface area contributed by atoms with Crippen LogP contribution in [0.25, 0.3) is 0 Å². The van der Waals surface area contributed by atoms with Gasteiger partial charge in [-0.1, -0.05) is 51.9 Å². The van der Waals surface area contributed by atoms with Crippen LogP contribution in [-0.4, -0.2) is 18.0 Å². The van der Waals surface area contributed by atoms with Gasteiger partial charge in [-0.15, -0.1) is 0 Å². The van der Waals surface area contributed by atoms with Crippen LogP contribution in [0.1, 0.15) is 64.1 Å². The first-order valence-electron chi connectivity index (χ1n) is 7.43. The van der Waals surface area contributed by atoms with Gasteiger partial charge in [0.15, 0.2) is 5.03 Å². The summed E-state index contributed by atoms with van der Waals surface area (Å²) in [4.78, 5) is 3.97. The van der Waals surface area contributed by atoms with E-state index in [1.54, 1.807) is 6.92 Å². The maximum absolute atomic E-state index is 11.2. The third kappa shape index (κ3) is 6.27. The maximum atomic E-state index is 11.2. The van der Waals surface area contributed by atoms with Gasteiger partial charge in [0.1, 0.15) is 5.82 Å². The first kappa shape index (κ1) is 17.5. The molecular formula is C14H25ClN2O2S. The van der Waals surface area contributed by atoms with Crippen molar-refractivity contribution in [1.82, 2.24) is 9.55 Å². The molecule has 0 amide bonds. The molecule has 0 saturated heterocycles. The zero-order valence-electron chi connectivity index (χ0n) is 12.4. The summed E-state index contributed by atoms with van der Waals surface area (Å²) in [6.45, 7) is 4.83. The topological polar surface area (TPSA) is 52.0 Å². The number of imidazole rings is 1. The fourth-order valence-electron chi connectivity index (χ4n) is 2.24. The minimum absolute atomic E-state index is 0.0452. The predicted octanol–water partition coefficient (Wildman–Crippen LogP) is 4.26. The third-order valence-electron chi connectivity index (χ3n) is 3.46. The molecule has 0 aromatic carbocycles. The van der Waals surface area contributed by atoms with Crippen LogP contribution in [0.15, 0.2) is 11.2 Å². The van der Waals surface area contributed by atoms with Crippen LogP contribution in [0, 0.1) is 6.92 Å². The molecule has 0 radical (unpaired) electrons. The molecule has 0 fully saturated rings. The molecule has 0 N–H and O–H groups in total. The van der Waals surface area contributed by atoms with Crippen molar-refractivity contribution in [2.24, 2.45) is 0 Å². The Labute approximate surface area is 127 Å². The van der Waals surface area contributed by atoms with E-state index < -0.39 is 9.05 Å². The molecule has 0 aliphatic rings. The number of aromatic nitrogens is 2. The summed E-state index contributed by atoms with van der Waals surface area (Å²) in [7, 11) is 1.57. The molecule has 1 rings (SSSR count). The van der Waals surface area contributed by atoms with Gasteiger partial charge in [0, 0.05) is 23.4 Å². The molecule has 4 nitrogen and oxygen atoms in total. The number of rotatable bonds is 10. The summed E-state index contributed by atoms with van der Waals surface area (Å²) in [5.74, 6) is 0.701. The van der Waals surface area contributed by atoms with E-state index in [4.69, 9.17) is 10.7 Å². The van der Waals surface area contributed by atoms with Crippen molar-refractivity contribution in [3.05, 3.63) is 12.0 Å². The Morgan fingerprint density at radius 1 is 1.10 bits per heavy atom. The fourth-order valence-corrected chi connectivity index (χ4v) is 2.96. The Balaban J connectivity index is 2.24. The number of unbranched alkanes of at least 4 members (excludes halogenated alkanes) is 7. The van der Waals surface area contributed by atoms with E-state index in [2.05, 4.69) is 11.9 Å². The van der Waals surface area contributed by atoms with E-state index in [-0.39, 0.29) is 5.03 Å². The molecule has 0 aliphatic carbocycles. The zero-order chi connectivity index (χ0) is 15.0. The standard InChI is InChI=1S/C14H25ClN2O2S/c1-3-4-5-6-7-8-9-10-11-17-12-14(16-13(17)2)20(15,18)19/h12H,3-11H2,1-2H3. The van der Waals surface area contributed by atoms with Crippen LogP contribution in [-0.2, 0) is 15.6 Å². The number of halogens is 1. The molecule has 0 bridgehead atoms. The number of hydrogen-bond donors (Lipinski definition) is 0. The summed E-state index contributed by atoms with van der Waals surface area (Å²) in [5, 5.41) is -0.0452. The Morgan fingerprint density at radius 2 is 1.65 bits per heavy atom. The first-order valence-corrected chi connectivity index (χ1v) is 9.74. The number of aryl methyl sites for hydroxylation is 2. The molecule has 116 valence electrons. The summed E-state index contributed by atoms with van der Waals surface area (Å²) in [5.41, 5.74) is 0. The lowest BCUT2D eigenvalue weighted by Gasteiger charge is -2.04. The highest BCUT2D eigenvalue weighted by molar-refractivity contribution is 8.13. The van der Waals surface area contributed by atoms with Gasteiger partial charge in [-0.05, 0) is 13.3 Å². The molecular weight excluding hydrogens is 296 g/mol. The SMILES string of the molecule is CCCCCCCCCCn1cc(S(=O)(=O)Cl)nc1C. The van der Waals surface area contributed by atoms with E-state index in [0.29, 0.717) is 5.82 Å². The Morgan fingerprint density at radius 3 is 2.15 bits per heavy atom. The highest BCUT2D eigenvalue weighted by atomic mass is 35.7. The molecule has 20 heavy (non-hydrogen) atoms. The van der Waals surface area contributed by atoms with Crippen LogP contribution < -0.4 is 0 Å². The van der Waals surface area contributed by atoms with Crippen molar-refractivity contribution in [3.63, 3.8) is 0 Å². The summed E-state index contributed by atoms with van der Waals surface area (Å²) < 4.78 is 24.2. The van der Waals surface area contributed by atoms with Gasteiger partial charge in [-0.25, -0.2) is 13.4 Å². The lowest BCUT2D eigenvalue weighted by atomic mass is 10.1. The second-order valence-corrected chi connectivity index (χ2v) is 7.75. The van der Waals surface area contributed by atoms with E-state index >= 15 is 0 Å². The summed E-state index contributed by atoms with van der Waals surface area (Å²) in [6, 6.07) is 0. The molecule has 0 saturated carbocycles. The average Bonchev–Trinajstić information content (AvgIpc) is 2.74. The molecule has 1 aromatic rings. The minimum Gasteiger partial charge on any atom is -0.334 e. The average molecular weight is 321 g/mol. The van der Waals surface area contributed by atoms with Gasteiger partial charge >= 0.3 is 0 Å². The lowest BCUT2D eigenvalue weighted by molar-refractivity contribution is 0.539. The number of hydrogen-bond acceptors (Lipinski definition) is 3. The summed E-state index contributed by atoms with van der Waals surface area (Å²) in [6.07, 6.45) is 11.6. The minimum atomic E-state index is -3.71. The second kappa shape index (κ2) is 8.67. The van der Waals surface area contributed by atoms with E-state index in [0.717, 1.165) is 13.0 Å². The monoisotopic (exact) mass is 320 g/mol. The van der Waals surface area contributed by atoms with Crippen LogP contribution >= 0.6 is 10.7 Å². The number of nitrogens with zero attached hydrogens (tertiary/aromatic N) is 2. The highest BCUT2D eigenvalue weighted by Gasteiger charge is 2.15. The molecule has 0 spiro atoms. The first-order chi connectivity index (χ1) is 9.45. The highest BCUT2D eigenvalue weighted by Crippen LogP contribution is 2.15. The molecule has 0 aliphatic heterocycles. The van der Waals surface area contributed by atoms with Gasteiger partial charge in [0.05, 0.1) is 0 Å². The van der Waals surface area contributed by atoms with Crippen molar-refractivity contribution in [2.75, 3.05) is 0 Å². The van der Waals surface area contributed by atoms with Gasteiger partial charge in [-0.3, -0.25) is 0 Å². The van der Waals surface area contributed by atoms with Crippen LogP contribution in [0.3, 0.4) is 0 Å². The van der Waals surface area contributed by atoms with Crippen molar-refractivity contribution in [1.29, 1.82) is 0 Å². The Kier molecular flexibility index (Phi) is 7.59. The van der Waals surface area contributed by atoms with Crippen molar-refractivity contribution in [2.45, 2.75) is 76.8 Å². The quantitative estimate of drug-likeness (QED) is 0.478. The molecule has 6 heteroatoms. The largest absolute Gasteiger partial charge is 0.334 e. The van der Waals surface area contributed by atoms with Gasteiger partial charge in [0.2, 0.25) is 0 Å². The fraction of sp³-hybridized carbons (Fsp3) is 0.786. The van der Waals surface area contributed by atoms with Gasteiger partial charge in [-0.2, -0.15) is 0 Å². The van der Waals surface area contributed by atoms with Crippen molar-refractivity contribution >= 4 is 19.7 Å². The van der Waals surface area contributed by atoms with Crippen molar-refractivity contribution < 1.29 is 8.42 Å². The zero-order valence-corrected chi connectivity index (χ0v) is 14.0. The predicted molar refractivity (Wildman–Crippen MR) is 82.6 cm³/mol. The van der Waals surface area contributed by atoms with E-state index in [1.807, 2.05) is 4.57 Å². The third-order valence-corrected chi connectivity index (χ3v) is 4.63. The van der Waals surface area contributed by atoms with E-state index in [1.165, 1.54) is 51.1 Å². The van der Waals surface area contributed by atoms with Crippen LogP contribution in [0.4, 0.5) is 0 Å². The van der Waals surface area contributed by atoms with Gasteiger partial charge < -0.3 is 4.57 Å². The van der Waals surface area contributed by atoms with Crippen LogP contribution in [0.2, 0.25) is 0 Å². The smallest absolute Gasteiger partial charge is 0.280 e. The Bertz CT molecular complexity index is 497. The van der Waals surface area contributed by atoms with E-state index in [9.17, 15) is 8.42 Å². The van der Waals surface area contributed by atoms with Crippen LogP contribution in [0.5, 0.6) is 0 Å². The lowest BCUT2D eigenvalue weighted by Crippen LogP contribution is -1.99. The molecule has 0 unspecified atom stereocenters. The molecule has 1 heterocycles. The van der Waals surface area contributed by atoms with Gasteiger partial charge in [0.25, 0.3) is 9.05 Å². The molecule has 1 aromatic heterocycles. The maximum Gasteiger partial charge on any atom is 0.280 e.